The van der Waals surface area contributed by atoms with Crippen LogP contribution in [0.25, 0.3) is 0 Å². The van der Waals surface area contributed by atoms with Crippen LogP contribution in [0, 0.1) is 0 Å². The number of carbonyl (C=O) groups excluding carboxylic acids is 3. The Morgan fingerprint density at radius 1 is 0.968 bits per heavy atom. The van der Waals surface area contributed by atoms with Gasteiger partial charge < -0.3 is 14.7 Å². The van der Waals surface area contributed by atoms with Gasteiger partial charge in [0.2, 0.25) is 5.78 Å². The van der Waals surface area contributed by atoms with Crippen molar-refractivity contribution in [3.63, 3.8) is 0 Å². The van der Waals surface area contributed by atoms with Crippen molar-refractivity contribution in [1.82, 2.24) is 0 Å². The van der Waals surface area contributed by atoms with E-state index >= 15 is 0 Å². The van der Waals surface area contributed by atoms with Crippen LogP contribution in [-0.2, 0) is 14.4 Å². The third-order valence-corrected chi connectivity index (χ3v) is 4.61. The summed E-state index contributed by atoms with van der Waals surface area (Å²) >= 11 is 1.34. The van der Waals surface area contributed by atoms with Crippen molar-refractivity contribution in [2.75, 3.05) is 13.2 Å². The van der Waals surface area contributed by atoms with E-state index in [1.807, 2.05) is 0 Å². The number of rotatable bonds is 8. The largest absolute Gasteiger partial charge is 0.493 e. The molecule has 2 rings (SSSR count). The van der Waals surface area contributed by atoms with Crippen LogP contribution < -0.4 is 0 Å². The Balaban J connectivity index is 1.99. The van der Waals surface area contributed by atoms with Crippen molar-refractivity contribution in [2.45, 2.75) is 22.9 Å². The molecule has 11 heteroatoms. The molecule has 0 heterocycles. The number of hydrogen-bond acceptors (Lipinski definition) is 8. The van der Waals surface area contributed by atoms with Crippen molar-refractivity contribution in [3.8, 4) is 0 Å². The van der Waals surface area contributed by atoms with Gasteiger partial charge in [-0.2, -0.15) is 13.2 Å². The molecule has 2 aromatic rings. The van der Waals surface area contributed by atoms with E-state index in [2.05, 4.69) is 9.99 Å². The highest BCUT2D eigenvalue weighted by molar-refractivity contribution is 7.99. The van der Waals surface area contributed by atoms with Crippen molar-refractivity contribution >= 4 is 35.2 Å². The third kappa shape index (κ3) is 7.23. The molecule has 0 saturated heterocycles. The number of nitrogens with zero attached hydrogens (tertiary/aromatic N) is 1. The van der Waals surface area contributed by atoms with Gasteiger partial charge in [-0.25, -0.2) is 9.59 Å². The molecule has 0 aliphatic heterocycles. The molecule has 0 atom stereocenters. The molecule has 1 N–H and O–H groups in total. The maximum absolute atomic E-state index is 12.2. The zero-order chi connectivity index (χ0) is 23.0. The standard InChI is InChI=1S/C20H16F3NO6S/c1-12(24-30-19(28)20(21,22)23)17(26)13-2-6-15(7-3-13)31-16-8-4-14(5-9-16)18(27)29-11-10-25/h2-9,25H,10-11H2,1H3. The third-order valence-electron chi connectivity index (χ3n) is 3.59. The predicted molar refractivity (Wildman–Crippen MR) is 104 cm³/mol. The number of ketones is 1. The van der Waals surface area contributed by atoms with Crippen molar-refractivity contribution in [3.05, 3.63) is 59.7 Å². The van der Waals surface area contributed by atoms with E-state index in [9.17, 15) is 27.6 Å². The van der Waals surface area contributed by atoms with Crippen LogP contribution in [0.2, 0.25) is 0 Å². The van der Waals surface area contributed by atoms with Gasteiger partial charge in [-0.3, -0.25) is 4.79 Å². The Hall–Kier alpha value is -3.18. The number of oxime groups is 1. The molecule has 0 aliphatic carbocycles. The zero-order valence-corrected chi connectivity index (χ0v) is 16.8. The SMILES string of the molecule is CC(=NOC(=O)C(F)(F)F)C(=O)c1ccc(Sc2ccc(C(=O)OCCO)cc2)cc1. The van der Waals surface area contributed by atoms with Gasteiger partial charge in [0.05, 0.1) is 12.2 Å². The second-order valence-electron chi connectivity index (χ2n) is 5.89. The van der Waals surface area contributed by atoms with Gasteiger partial charge in [0.25, 0.3) is 0 Å². The first-order valence-corrected chi connectivity index (χ1v) is 9.47. The Bertz CT molecular complexity index is 972. The quantitative estimate of drug-likeness (QED) is 0.213. The average molecular weight is 455 g/mol. The van der Waals surface area contributed by atoms with E-state index < -0.39 is 29.6 Å². The first-order chi connectivity index (χ1) is 14.6. The Morgan fingerprint density at radius 3 is 1.97 bits per heavy atom. The van der Waals surface area contributed by atoms with Crippen LogP contribution in [0.4, 0.5) is 13.2 Å². The number of carbonyl (C=O) groups is 3. The molecule has 31 heavy (non-hydrogen) atoms. The highest BCUT2D eigenvalue weighted by Crippen LogP contribution is 2.28. The Morgan fingerprint density at radius 2 is 1.48 bits per heavy atom. The van der Waals surface area contributed by atoms with E-state index in [0.29, 0.717) is 5.56 Å². The van der Waals surface area contributed by atoms with Crippen LogP contribution >= 0.6 is 11.8 Å². The number of esters is 1. The minimum absolute atomic E-state index is 0.0879. The molecular weight excluding hydrogens is 439 g/mol. The molecule has 0 spiro atoms. The van der Waals surface area contributed by atoms with E-state index in [4.69, 9.17) is 9.84 Å². The Kier molecular flexibility index (Phi) is 8.34. The number of alkyl halides is 3. The average Bonchev–Trinajstić information content (AvgIpc) is 2.75. The lowest BCUT2D eigenvalue weighted by Gasteiger charge is -2.06. The number of aliphatic hydroxyl groups is 1. The molecule has 0 fully saturated rings. The molecule has 0 radical (unpaired) electrons. The predicted octanol–water partition coefficient (Wildman–Crippen LogP) is 3.65. The zero-order valence-electron chi connectivity index (χ0n) is 16.0. The van der Waals surface area contributed by atoms with Crippen LogP contribution in [0.1, 0.15) is 27.6 Å². The van der Waals surface area contributed by atoms with Gasteiger partial charge >= 0.3 is 18.1 Å². The highest BCUT2D eigenvalue weighted by atomic mass is 32.2. The van der Waals surface area contributed by atoms with Crippen molar-refractivity contribution in [1.29, 1.82) is 0 Å². The number of hydrogen-bond donors (Lipinski definition) is 1. The summed E-state index contributed by atoms with van der Waals surface area (Å²) in [4.78, 5) is 39.8. The second-order valence-corrected chi connectivity index (χ2v) is 7.04. The van der Waals surface area contributed by atoms with E-state index in [-0.39, 0.29) is 18.8 Å². The minimum atomic E-state index is -5.20. The van der Waals surface area contributed by atoms with Crippen LogP contribution in [0.3, 0.4) is 0 Å². The first-order valence-electron chi connectivity index (χ1n) is 8.65. The van der Waals surface area contributed by atoms with Crippen LogP contribution in [0.5, 0.6) is 0 Å². The number of ether oxygens (including phenoxy) is 1. The lowest BCUT2D eigenvalue weighted by Crippen LogP contribution is -2.24. The summed E-state index contributed by atoms with van der Waals surface area (Å²) in [6.07, 6.45) is -5.20. The molecule has 164 valence electrons. The molecule has 0 amide bonds. The van der Waals surface area contributed by atoms with Gasteiger partial charge in [0, 0.05) is 15.4 Å². The van der Waals surface area contributed by atoms with Gasteiger partial charge in [-0.15, -0.1) is 0 Å². The normalized spacial score (nSPS) is 11.7. The molecule has 7 nitrogen and oxygen atoms in total. The molecule has 2 aromatic carbocycles. The fraction of sp³-hybridized carbons (Fsp3) is 0.200. The van der Waals surface area contributed by atoms with Gasteiger partial charge in [-0.05, 0) is 55.5 Å². The molecule has 0 unspecified atom stereocenters. The van der Waals surface area contributed by atoms with Gasteiger partial charge in [-0.1, -0.05) is 16.9 Å². The monoisotopic (exact) mass is 455 g/mol. The van der Waals surface area contributed by atoms with Crippen molar-refractivity contribution in [2.24, 2.45) is 5.16 Å². The summed E-state index contributed by atoms with van der Waals surface area (Å²) in [5.41, 5.74) is 0.0667. The second kappa shape index (κ2) is 10.7. The summed E-state index contributed by atoms with van der Waals surface area (Å²) in [6, 6.07) is 12.7. The smallest absolute Gasteiger partial charge is 0.460 e. The summed E-state index contributed by atoms with van der Waals surface area (Å²) in [5, 5.41) is 11.6. The van der Waals surface area contributed by atoms with Gasteiger partial charge in [0.1, 0.15) is 12.3 Å². The Labute approximate surface area is 178 Å². The van der Waals surface area contributed by atoms with E-state index in [1.54, 1.807) is 36.4 Å². The maximum atomic E-state index is 12.2. The number of benzene rings is 2. The lowest BCUT2D eigenvalue weighted by atomic mass is 10.1. The number of Topliss-reactive ketones (excluding diaryl/α,β-unsaturated/α-hetero) is 1. The highest BCUT2D eigenvalue weighted by Gasteiger charge is 2.41. The van der Waals surface area contributed by atoms with Crippen LogP contribution in [-0.4, -0.2) is 47.9 Å². The van der Waals surface area contributed by atoms with E-state index in [1.165, 1.54) is 23.9 Å². The molecule has 0 aromatic heterocycles. The molecule has 0 bridgehead atoms. The summed E-state index contributed by atoms with van der Waals surface area (Å²) in [5.74, 6) is -3.76. The topological polar surface area (TPSA) is 102 Å². The maximum Gasteiger partial charge on any atom is 0.493 e. The number of aliphatic hydroxyl groups excluding tert-OH is 1. The number of halogens is 3. The van der Waals surface area contributed by atoms with E-state index in [0.717, 1.165) is 16.7 Å². The fourth-order valence-electron chi connectivity index (χ4n) is 2.10. The minimum Gasteiger partial charge on any atom is -0.460 e. The molecule has 0 aliphatic rings. The van der Waals surface area contributed by atoms with Crippen LogP contribution in [0.15, 0.2) is 63.5 Å². The van der Waals surface area contributed by atoms with Crippen molar-refractivity contribution < 1.29 is 42.2 Å². The first kappa shape index (κ1) is 24.1. The summed E-state index contributed by atoms with van der Waals surface area (Å²) in [6.45, 7) is 0.777. The molecule has 0 saturated carbocycles. The lowest BCUT2D eigenvalue weighted by molar-refractivity contribution is -0.199. The fourth-order valence-corrected chi connectivity index (χ4v) is 2.92. The molecular formula is C20H16F3NO6S. The van der Waals surface area contributed by atoms with Gasteiger partial charge in [0.15, 0.2) is 0 Å². The summed E-state index contributed by atoms with van der Waals surface area (Å²) in [7, 11) is 0. The summed E-state index contributed by atoms with van der Waals surface area (Å²) < 4.78 is 41.1.